The predicted octanol–water partition coefficient (Wildman–Crippen LogP) is 3.01. The highest BCUT2D eigenvalue weighted by atomic mass is 16.5. The topological polar surface area (TPSA) is 42.4 Å². The highest BCUT2D eigenvalue weighted by molar-refractivity contribution is 5.35. The van der Waals surface area contributed by atoms with Crippen molar-refractivity contribution >= 4 is 0 Å². The summed E-state index contributed by atoms with van der Waals surface area (Å²) in [6.45, 7) is 1.97. The van der Waals surface area contributed by atoms with Crippen LogP contribution in [0.2, 0.25) is 0 Å². The Morgan fingerprint density at radius 1 is 1.21 bits per heavy atom. The number of hydrogen-bond donors (Lipinski definition) is 1. The van der Waals surface area contributed by atoms with Crippen LogP contribution >= 0.6 is 0 Å². The molecule has 1 N–H and O–H groups in total. The molecule has 98 valence electrons. The van der Waals surface area contributed by atoms with Crippen LogP contribution in [0.15, 0.2) is 42.7 Å². The summed E-state index contributed by atoms with van der Waals surface area (Å²) in [5.41, 5.74) is 2.69. The van der Waals surface area contributed by atoms with Crippen LogP contribution in [-0.4, -0.2) is 16.2 Å². The van der Waals surface area contributed by atoms with E-state index in [1.54, 1.807) is 12.4 Å². The minimum Gasteiger partial charge on any atom is -0.490 e. The van der Waals surface area contributed by atoms with E-state index in [1.807, 2.05) is 37.3 Å². The molecule has 0 bridgehead atoms. The molecule has 1 aliphatic rings. The molecule has 1 heterocycles. The van der Waals surface area contributed by atoms with Crippen molar-refractivity contribution in [3.8, 4) is 5.75 Å². The van der Waals surface area contributed by atoms with Crippen molar-refractivity contribution in [2.24, 2.45) is 0 Å². The van der Waals surface area contributed by atoms with Crippen molar-refractivity contribution in [2.45, 2.75) is 32.0 Å². The van der Waals surface area contributed by atoms with Gasteiger partial charge in [0.2, 0.25) is 0 Å². The minimum absolute atomic E-state index is 0.369. The number of hydrogen-bond acceptors (Lipinski definition) is 3. The summed E-state index contributed by atoms with van der Waals surface area (Å²) in [4.78, 5) is 4.12. The summed E-state index contributed by atoms with van der Waals surface area (Å²) < 4.78 is 5.75. The van der Waals surface area contributed by atoms with Gasteiger partial charge in [-0.05, 0) is 43.0 Å². The van der Waals surface area contributed by atoms with Gasteiger partial charge in [0.05, 0.1) is 6.10 Å². The predicted molar refractivity (Wildman–Crippen MR) is 73.1 cm³/mol. The third-order valence-corrected chi connectivity index (χ3v) is 3.21. The molecule has 3 heteroatoms. The zero-order valence-electron chi connectivity index (χ0n) is 10.9. The molecular weight excluding hydrogens is 238 g/mol. The van der Waals surface area contributed by atoms with E-state index in [4.69, 9.17) is 4.74 Å². The monoisotopic (exact) mass is 255 g/mol. The Balaban J connectivity index is 1.83. The molecule has 0 saturated heterocycles. The molecule has 2 aromatic rings. The molecule has 0 radical (unpaired) electrons. The lowest BCUT2D eigenvalue weighted by molar-refractivity contribution is 0.218. The highest BCUT2D eigenvalue weighted by Crippen LogP contribution is 2.29. The molecule has 1 aliphatic carbocycles. The second-order valence-electron chi connectivity index (χ2n) is 5.09. The van der Waals surface area contributed by atoms with Crippen molar-refractivity contribution < 1.29 is 9.84 Å². The van der Waals surface area contributed by atoms with Crippen molar-refractivity contribution in [3.63, 3.8) is 0 Å². The number of pyridine rings is 1. The number of rotatable bonds is 4. The average Bonchev–Trinajstić information content (AvgIpc) is 3.22. The van der Waals surface area contributed by atoms with Crippen LogP contribution in [0, 0.1) is 6.92 Å². The van der Waals surface area contributed by atoms with E-state index in [2.05, 4.69) is 4.98 Å². The fraction of sp³-hybridized carbons (Fsp3) is 0.312. The van der Waals surface area contributed by atoms with E-state index in [1.165, 1.54) is 0 Å². The van der Waals surface area contributed by atoms with Crippen LogP contribution in [0.4, 0.5) is 0 Å². The number of aliphatic hydroxyl groups is 1. The maximum Gasteiger partial charge on any atom is 0.120 e. The highest BCUT2D eigenvalue weighted by Gasteiger charge is 2.23. The zero-order valence-corrected chi connectivity index (χ0v) is 10.9. The number of aromatic nitrogens is 1. The van der Waals surface area contributed by atoms with Gasteiger partial charge in [-0.15, -0.1) is 0 Å². The fourth-order valence-electron chi connectivity index (χ4n) is 2.06. The molecule has 3 rings (SSSR count). The smallest absolute Gasteiger partial charge is 0.120 e. The summed E-state index contributed by atoms with van der Waals surface area (Å²) in [6, 6.07) is 9.62. The quantitative estimate of drug-likeness (QED) is 0.913. The first-order valence-corrected chi connectivity index (χ1v) is 6.58. The lowest BCUT2D eigenvalue weighted by Crippen LogP contribution is -2.02. The molecule has 1 saturated carbocycles. The average molecular weight is 255 g/mol. The van der Waals surface area contributed by atoms with Gasteiger partial charge in [-0.1, -0.05) is 18.2 Å². The first kappa shape index (κ1) is 12.2. The normalized spacial score (nSPS) is 16.1. The van der Waals surface area contributed by atoms with Crippen molar-refractivity contribution in [1.29, 1.82) is 0 Å². The van der Waals surface area contributed by atoms with Gasteiger partial charge in [0.25, 0.3) is 0 Å². The molecule has 1 unspecified atom stereocenters. The zero-order chi connectivity index (χ0) is 13.2. The van der Waals surface area contributed by atoms with Gasteiger partial charge in [0, 0.05) is 18.0 Å². The lowest BCUT2D eigenvalue weighted by atomic mass is 10.0. The van der Waals surface area contributed by atoms with Crippen LogP contribution in [0.25, 0.3) is 0 Å². The number of aryl methyl sites for hydroxylation is 1. The Kier molecular flexibility index (Phi) is 3.22. The lowest BCUT2D eigenvalue weighted by Gasteiger charge is -2.13. The Hall–Kier alpha value is -1.87. The SMILES string of the molecule is Cc1cncc(C(O)c2cccc(OC3CC3)c2)c1. The molecule has 1 atom stereocenters. The van der Waals surface area contributed by atoms with Gasteiger partial charge in [-0.3, -0.25) is 4.98 Å². The largest absolute Gasteiger partial charge is 0.490 e. The molecule has 0 aliphatic heterocycles. The molecule has 19 heavy (non-hydrogen) atoms. The number of ether oxygens (including phenoxy) is 1. The first-order valence-electron chi connectivity index (χ1n) is 6.58. The van der Waals surface area contributed by atoms with Crippen LogP contribution < -0.4 is 4.74 Å². The Morgan fingerprint density at radius 2 is 2.05 bits per heavy atom. The van der Waals surface area contributed by atoms with E-state index in [0.29, 0.717) is 6.10 Å². The summed E-state index contributed by atoms with van der Waals surface area (Å²) in [6.07, 6.45) is 5.46. The Morgan fingerprint density at radius 3 is 2.79 bits per heavy atom. The fourth-order valence-corrected chi connectivity index (χ4v) is 2.06. The maximum absolute atomic E-state index is 10.4. The number of nitrogens with zero attached hydrogens (tertiary/aromatic N) is 1. The van der Waals surface area contributed by atoms with E-state index in [9.17, 15) is 5.11 Å². The van der Waals surface area contributed by atoms with Crippen molar-refractivity contribution in [1.82, 2.24) is 4.98 Å². The third kappa shape index (κ3) is 2.93. The second-order valence-corrected chi connectivity index (χ2v) is 5.09. The second kappa shape index (κ2) is 5.02. The van der Waals surface area contributed by atoms with Crippen molar-refractivity contribution in [2.75, 3.05) is 0 Å². The van der Waals surface area contributed by atoms with Crippen LogP contribution in [-0.2, 0) is 0 Å². The molecule has 3 nitrogen and oxygen atoms in total. The van der Waals surface area contributed by atoms with Gasteiger partial charge < -0.3 is 9.84 Å². The van der Waals surface area contributed by atoms with Crippen LogP contribution in [0.5, 0.6) is 5.75 Å². The van der Waals surface area contributed by atoms with Gasteiger partial charge in [0.1, 0.15) is 11.9 Å². The minimum atomic E-state index is -0.657. The van der Waals surface area contributed by atoms with E-state index in [0.717, 1.165) is 35.3 Å². The molecule has 1 aromatic heterocycles. The summed E-state index contributed by atoms with van der Waals surface area (Å²) in [5.74, 6) is 0.833. The molecule has 0 amide bonds. The number of benzene rings is 1. The number of aliphatic hydroxyl groups excluding tert-OH is 1. The van der Waals surface area contributed by atoms with Gasteiger partial charge in [0.15, 0.2) is 0 Å². The van der Waals surface area contributed by atoms with E-state index in [-0.39, 0.29) is 0 Å². The van der Waals surface area contributed by atoms with Crippen LogP contribution in [0.1, 0.15) is 35.6 Å². The molecule has 0 spiro atoms. The van der Waals surface area contributed by atoms with Gasteiger partial charge in [-0.2, -0.15) is 0 Å². The summed E-state index contributed by atoms with van der Waals surface area (Å²) >= 11 is 0. The third-order valence-electron chi connectivity index (χ3n) is 3.21. The van der Waals surface area contributed by atoms with Crippen molar-refractivity contribution in [3.05, 3.63) is 59.4 Å². The molecule has 1 aromatic carbocycles. The maximum atomic E-state index is 10.4. The summed E-state index contributed by atoms with van der Waals surface area (Å²) in [7, 11) is 0. The standard InChI is InChI=1S/C16H17NO2/c1-11-7-13(10-17-9-11)16(18)12-3-2-4-15(8-12)19-14-5-6-14/h2-4,7-10,14,16,18H,5-6H2,1H3. The Labute approximate surface area is 112 Å². The summed E-state index contributed by atoms with van der Waals surface area (Å²) in [5, 5.41) is 10.4. The van der Waals surface area contributed by atoms with Gasteiger partial charge >= 0.3 is 0 Å². The molecule has 1 fully saturated rings. The van der Waals surface area contributed by atoms with E-state index < -0.39 is 6.10 Å². The Bertz CT molecular complexity index is 578. The first-order chi connectivity index (χ1) is 9.22. The van der Waals surface area contributed by atoms with E-state index >= 15 is 0 Å². The molecular formula is C16H17NO2. The van der Waals surface area contributed by atoms with Gasteiger partial charge in [-0.25, -0.2) is 0 Å². The van der Waals surface area contributed by atoms with Crippen LogP contribution in [0.3, 0.4) is 0 Å².